The van der Waals surface area contributed by atoms with Crippen molar-refractivity contribution in [3.63, 3.8) is 0 Å². The smallest absolute Gasteiger partial charge is 0.283 e. The van der Waals surface area contributed by atoms with Crippen LogP contribution in [0.1, 0.15) is 32.5 Å². The van der Waals surface area contributed by atoms with E-state index in [1.807, 2.05) is 30.3 Å². The molecule has 2 amide bonds. The van der Waals surface area contributed by atoms with Crippen LogP contribution in [0.4, 0.5) is 5.69 Å². The highest BCUT2D eigenvalue weighted by molar-refractivity contribution is 7.21. The van der Waals surface area contributed by atoms with E-state index in [4.69, 9.17) is 34.8 Å². The molecule has 4 rings (SSSR count). The van der Waals surface area contributed by atoms with Gasteiger partial charge in [-0.05, 0) is 48.9 Å². The van der Waals surface area contributed by atoms with E-state index in [1.165, 1.54) is 17.4 Å². The molecule has 0 unspecified atom stereocenters. The van der Waals surface area contributed by atoms with Crippen LogP contribution in [0.25, 0.3) is 10.1 Å². The molecule has 0 bridgehead atoms. The summed E-state index contributed by atoms with van der Waals surface area (Å²) in [5.41, 5.74) is 4.69. The summed E-state index contributed by atoms with van der Waals surface area (Å²) in [5.74, 6) is -0.751. The Bertz CT molecular complexity index is 1420. The Kier molecular flexibility index (Phi) is 7.00. The fourth-order valence-electron chi connectivity index (χ4n) is 3.10. The summed E-state index contributed by atoms with van der Waals surface area (Å²) in [6, 6.07) is 19.3. The maximum absolute atomic E-state index is 12.6. The molecule has 0 aliphatic rings. The molecule has 0 saturated carbocycles. The molecule has 9 heteroatoms. The maximum atomic E-state index is 12.6. The minimum absolute atomic E-state index is 0.261. The second-order valence-corrected chi connectivity index (χ2v) is 9.31. The van der Waals surface area contributed by atoms with Gasteiger partial charge in [0.15, 0.2) is 0 Å². The largest absolute Gasteiger partial charge is 0.322 e. The first-order valence-corrected chi connectivity index (χ1v) is 11.7. The van der Waals surface area contributed by atoms with Crippen molar-refractivity contribution in [1.29, 1.82) is 0 Å². The Morgan fingerprint density at radius 1 is 0.909 bits per heavy atom. The minimum Gasteiger partial charge on any atom is -0.322 e. The summed E-state index contributed by atoms with van der Waals surface area (Å²) in [4.78, 5) is 25.6. The molecule has 3 aromatic carbocycles. The first-order valence-electron chi connectivity index (χ1n) is 9.72. The average molecular weight is 517 g/mol. The van der Waals surface area contributed by atoms with Crippen molar-refractivity contribution < 1.29 is 9.59 Å². The van der Waals surface area contributed by atoms with E-state index in [-0.39, 0.29) is 16.8 Å². The Morgan fingerprint density at radius 2 is 1.70 bits per heavy atom. The van der Waals surface area contributed by atoms with Gasteiger partial charge >= 0.3 is 0 Å². The molecular weight excluding hydrogens is 501 g/mol. The number of hydrogen-bond donors (Lipinski definition) is 2. The number of carbonyl (C=O) groups is 2. The van der Waals surface area contributed by atoms with Crippen molar-refractivity contribution in [2.45, 2.75) is 6.92 Å². The van der Waals surface area contributed by atoms with Crippen LogP contribution < -0.4 is 10.7 Å². The zero-order chi connectivity index (χ0) is 23.5. The number of nitrogens with zero attached hydrogens (tertiary/aromatic N) is 1. The monoisotopic (exact) mass is 515 g/mol. The van der Waals surface area contributed by atoms with Crippen molar-refractivity contribution in [3.05, 3.63) is 97.8 Å². The van der Waals surface area contributed by atoms with Crippen molar-refractivity contribution >= 4 is 79.4 Å². The van der Waals surface area contributed by atoms with Crippen LogP contribution in [-0.4, -0.2) is 17.5 Å². The number of thiophene rings is 1. The predicted octanol–water partition coefficient (Wildman–Crippen LogP) is 7.27. The lowest BCUT2D eigenvalue weighted by atomic mass is 10.1. The van der Waals surface area contributed by atoms with Crippen molar-refractivity contribution in [2.75, 3.05) is 5.32 Å². The average Bonchev–Trinajstić information content (AvgIpc) is 3.14. The van der Waals surface area contributed by atoms with Crippen LogP contribution in [0.5, 0.6) is 0 Å². The standard InChI is InChI=1S/C24H16Cl3N3O2S/c1-13(29-30-24(32)22-21(27)18-7-2-3-8-20(18)33-22)14-5-4-6-16(11-14)28-23(31)17-10-9-15(25)12-19(17)26/h2-12H,1H3,(H,28,31)(H,30,32). The Morgan fingerprint density at radius 3 is 2.45 bits per heavy atom. The molecule has 1 aromatic heterocycles. The van der Waals surface area contributed by atoms with Gasteiger partial charge in [-0.15, -0.1) is 11.3 Å². The number of hydrazone groups is 1. The van der Waals surface area contributed by atoms with E-state index in [0.717, 1.165) is 15.6 Å². The van der Waals surface area contributed by atoms with E-state index in [0.29, 0.717) is 31.9 Å². The molecule has 4 aromatic rings. The molecule has 0 aliphatic carbocycles. The lowest BCUT2D eigenvalue weighted by Crippen LogP contribution is -2.18. The molecule has 0 saturated heterocycles. The van der Waals surface area contributed by atoms with Gasteiger partial charge in [0.2, 0.25) is 0 Å². The van der Waals surface area contributed by atoms with Gasteiger partial charge in [0.25, 0.3) is 11.8 Å². The van der Waals surface area contributed by atoms with E-state index in [9.17, 15) is 9.59 Å². The van der Waals surface area contributed by atoms with Gasteiger partial charge in [-0.3, -0.25) is 9.59 Å². The van der Waals surface area contributed by atoms with Crippen LogP contribution in [0, 0.1) is 0 Å². The molecule has 0 fully saturated rings. The molecule has 5 nitrogen and oxygen atoms in total. The fraction of sp³-hybridized carbons (Fsp3) is 0.0417. The number of hydrogen-bond acceptors (Lipinski definition) is 4. The molecule has 0 radical (unpaired) electrons. The van der Waals surface area contributed by atoms with Crippen LogP contribution in [0.2, 0.25) is 15.1 Å². The van der Waals surface area contributed by atoms with E-state index >= 15 is 0 Å². The van der Waals surface area contributed by atoms with Gasteiger partial charge in [-0.1, -0.05) is 65.1 Å². The summed E-state index contributed by atoms with van der Waals surface area (Å²) in [6.07, 6.45) is 0. The third-order valence-corrected chi connectivity index (χ3v) is 7.00. The Balaban J connectivity index is 1.48. The van der Waals surface area contributed by atoms with E-state index < -0.39 is 0 Å². The highest BCUT2D eigenvalue weighted by Crippen LogP contribution is 2.35. The van der Waals surface area contributed by atoms with Crippen molar-refractivity contribution in [2.24, 2.45) is 5.10 Å². The van der Waals surface area contributed by atoms with Crippen molar-refractivity contribution in [3.8, 4) is 0 Å². The van der Waals surface area contributed by atoms with Crippen LogP contribution in [-0.2, 0) is 0 Å². The lowest BCUT2D eigenvalue weighted by Gasteiger charge is -2.09. The fourth-order valence-corrected chi connectivity index (χ4v) is 5.01. The number of amides is 2. The van der Waals surface area contributed by atoms with Gasteiger partial charge in [-0.2, -0.15) is 5.10 Å². The Labute approximate surface area is 209 Å². The van der Waals surface area contributed by atoms with Gasteiger partial charge in [0.1, 0.15) is 4.88 Å². The molecule has 0 atom stereocenters. The minimum atomic E-state index is -0.387. The summed E-state index contributed by atoms with van der Waals surface area (Å²) < 4.78 is 0.928. The third-order valence-electron chi connectivity index (χ3n) is 4.78. The maximum Gasteiger partial charge on any atom is 0.283 e. The second-order valence-electron chi connectivity index (χ2n) is 7.04. The first-order chi connectivity index (χ1) is 15.8. The SMILES string of the molecule is CC(=NNC(=O)c1sc2ccccc2c1Cl)c1cccc(NC(=O)c2ccc(Cl)cc2Cl)c1. The zero-order valence-corrected chi connectivity index (χ0v) is 20.2. The molecule has 0 spiro atoms. The molecule has 33 heavy (non-hydrogen) atoms. The van der Waals surface area contributed by atoms with E-state index in [1.54, 1.807) is 37.3 Å². The Hall–Kier alpha value is -2.90. The number of rotatable bonds is 5. The summed E-state index contributed by atoms with van der Waals surface area (Å²) in [6.45, 7) is 1.75. The first kappa shape index (κ1) is 23.3. The van der Waals surface area contributed by atoms with Crippen molar-refractivity contribution in [1.82, 2.24) is 5.43 Å². The van der Waals surface area contributed by atoms with E-state index in [2.05, 4.69) is 15.8 Å². The number of anilines is 1. The van der Waals surface area contributed by atoms with Gasteiger partial charge in [0, 0.05) is 20.8 Å². The number of nitrogens with one attached hydrogen (secondary N) is 2. The third kappa shape index (κ3) is 5.20. The molecule has 1 heterocycles. The van der Waals surface area contributed by atoms with Gasteiger partial charge in [-0.25, -0.2) is 5.43 Å². The molecule has 2 N–H and O–H groups in total. The molecule has 0 aliphatic heterocycles. The number of halogens is 3. The normalized spacial score (nSPS) is 11.5. The second kappa shape index (κ2) is 9.93. The molecule has 166 valence electrons. The molecular formula is C24H16Cl3N3O2S. The summed E-state index contributed by atoms with van der Waals surface area (Å²) >= 11 is 19.7. The number of benzene rings is 3. The summed E-state index contributed by atoms with van der Waals surface area (Å²) in [5, 5.41) is 8.95. The lowest BCUT2D eigenvalue weighted by molar-refractivity contribution is 0.0958. The number of fused-ring (bicyclic) bond motifs is 1. The topological polar surface area (TPSA) is 70.6 Å². The predicted molar refractivity (Wildman–Crippen MR) is 137 cm³/mol. The zero-order valence-electron chi connectivity index (χ0n) is 17.2. The van der Waals surface area contributed by atoms with Crippen LogP contribution in [0.3, 0.4) is 0 Å². The van der Waals surface area contributed by atoms with Crippen LogP contribution in [0.15, 0.2) is 71.8 Å². The van der Waals surface area contributed by atoms with Gasteiger partial charge < -0.3 is 5.32 Å². The highest BCUT2D eigenvalue weighted by atomic mass is 35.5. The summed E-state index contributed by atoms with van der Waals surface area (Å²) in [7, 11) is 0. The van der Waals surface area contributed by atoms with Gasteiger partial charge in [0.05, 0.1) is 21.3 Å². The highest BCUT2D eigenvalue weighted by Gasteiger charge is 2.17. The van der Waals surface area contributed by atoms with Crippen LogP contribution >= 0.6 is 46.1 Å². The number of carbonyl (C=O) groups excluding carboxylic acids is 2. The quantitative estimate of drug-likeness (QED) is 0.216.